The molecule has 0 aliphatic carbocycles. The van der Waals surface area contributed by atoms with Gasteiger partial charge in [0.2, 0.25) is 0 Å². The van der Waals surface area contributed by atoms with E-state index in [4.69, 9.17) is 4.74 Å². The lowest BCUT2D eigenvalue weighted by Crippen LogP contribution is -2.57. The molecule has 4 heteroatoms. The zero-order chi connectivity index (χ0) is 11.5. The molecule has 1 rings (SSSR count). The van der Waals surface area contributed by atoms with Crippen molar-refractivity contribution in [3.8, 4) is 0 Å². The third-order valence-electron chi connectivity index (χ3n) is 3.71. The second-order valence-electron chi connectivity index (χ2n) is 4.28. The predicted octanol–water partition coefficient (Wildman–Crippen LogP) is 1.42. The molecule has 0 saturated carbocycles. The van der Waals surface area contributed by atoms with Crippen LogP contribution < -0.4 is 0 Å². The predicted molar refractivity (Wildman–Crippen MR) is 55.7 cm³/mol. The van der Waals surface area contributed by atoms with Crippen molar-refractivity contribution in [2.45, 2.75) is 45.1 Å². The zero-order valence-electron chi connectivity index (χ0n) is 9.45. The molecule has 1 heterocycles. The lowest BCUT2D eigenvalue weighted by atomic mass is 9.66. The van der Waals surface area contributed by atoms with Crippen LogP contribution in [0, 0.1) is 5.41 Å². The first-order valence-corrected chi connectivity index (χ1v) is 5.56. The first-order chi connectivity index (χ1) is 7.02. The molecule has 0 amide bonds. The molecule has 1 aliphatic heterocycles. The number of carbonyl (C=O) groups is 1. The number of ether oxygens (including phenoxy) is 1. The Morgan fingerprint density at radius 2 is 2.07 bits per heavy atom. The number of aliphatic hydroxyl groups is 1. The van der Waals surface area contributed by atoms with Crippen LogP contribution in [0.25, 0.3) is 0 Å². The van der Waals surface area contributed by atoms with Gasteiger partial charge in [-0.05, 0) is 25.7 Å². The summed E-state index contributed by atoms with van der Waals surface area (Å²) < 4.78 is 5.26. The average molecular weight is 216 g/mol. The molecule has 1 fully saturated rings. The molecule has 0 aromatic carbocycles. The zero-order valence-corrected chi connectivity index (χ0v) is 9.45. The lowest BCUT2D eigenvalue weighted by Gasteiger charge is -2.45. The maximum Gasteiger partial charge on any atom is 0.314 e. The van der Waals surface area contributed by atoms with Gasteiger partial charge in [0.1, 0.15) is 5.41 Å². The fourth-order valence-electron chi connectivity index (χ4n) is 2.46. The van der Waals surface area contributed by atoms with Gasteiger partial charge in [0, 0.05) is 6.61 Å². The van der Waals surface area contributed by atoms with Gasteiger partial charge in [0.25, 0.3) is 0 Å². The Hall–Kier alpha value is -0.610. The fraction of sp³-hybridized carbons (Fsp3) is 0.909. The van der Waals surface area contributed by atoms with Gasteiger partial charge < -0.3 is 14.9 Å². The summed E-state index contributed by atoms with van der Waals surface area (Å²) in [5.41, 5.74) is -2.27. The molecule has 1 aliphatic rings. The summed E-state index contributed by atoms with van der Waals surface area (Å²) in [6, 6.07) is 0. The van der Waals surface area contributed by atoms with Gasteiger partial charge in [0.05, 0.1) is 12.2 Å². The van der Waals surface area contributed by atoms with Crippen molar-refractivity contribution in [1.29, 1.82) is 0 Å². The second kappa shape index (κ2) is 4.49. The van der Waals surface area contributed by atoms with Crippen LogP contribution in [0.3, 0.4) is 0 Å². The summed E-state index contributed by atoms with van der Waals surface area (Å²) in [6.07, 6.45) is 2.09. The van der Waals surface area contributed by atoms with Gasteiger partial charge in [-0.2, -0.15) is 0 Å². The van der Waals surface area contributed by atoms with Crippen LogP contribution in [0.1, 0.15) is 39.5 Å². The molecule has 2 N–H and O–H groups in total. The van der Waals surface area contributed by atoms with Crippen LogP contribution in [0.4, 0.5) is 0 Å². The molecule has 1 saturated heterocycles. The topological polar surface area (TPSA) is 66.8 Å². The molecular weight excluding hydrogens is 196 g/mol. The highest BCUT2D eigenvalue weighted by atomic mass is 16.5. The minimum Gasteiger partial charge on any atom is -0.481 e. The van der Waals surface area contributed by atoms with Gasteiger partial charge >= 0.3 is 5.97 Å². The van der Waals surface area contributed by atoms with Crippen molar-refractivity contribution in [2.24, 2.45) is 5.41 Å². The number of aliphatic carboxylic acids is 1. The van der Waals surface area contributed by atoms with Crippen LogP contribution in [0.2, 0.25) is 0 Å². The number of hydrogen-bond acceptors (Lipinski definition) is 3. The Kier molecular flexibility index (Phi) is 3.73. The van der Waals surface area contributed by atoms with Gasteiger partial charge in [-0.25, -0.2) is 0 Å². The Morgan fingerprint density at radius 3 is 2.40 bits per heavy atom. The van der Waals surface area contributed by atoms with E-state index in [1.165, 1.54) is 0 Å². The number of carboxylic acids is 1. The molecular formula is C11H20O4. The van der Waals surface area contributed by atoms with E-state index in [1.54, 1.807) is 0 Å². The van der Waals surface area contributed by atoms with Crippen LogP contribution in [0.15, 0.2) is 0 Å². The lowest BCUT2D eigenvalue weighted by molar-refractivity contribution is -0.191. The summed E-state index contributed by atoms with van der Waals surface area (Å²) in [4.78, 5) is 11.4. The minimum atomic E-state index is -1.15. The van der Waals surface area contributed by atoms with Crippen molar-refractivity contribution in [1.82, 2.24) is 0 Å². The van der Waals surface area contributed by atoms with E-state index < -0.39 is 17.0 Å². The molecule has 0 aromatic heterocycles. The maximum atomic E-state index is 11.4. The van der Waals surface area contributed by atoms with E-state index in [9.17, 15) is 15.0 Å². The minimum absolute atomic E-state index is 0.126. The molecule has 0 aromatic rings. The van der Waals surface area contributed by atoms with Crippen molar-refractivity contribution in [3.05, 3.63) is 0 Å². The summed E-state index contributed by atoms with van der Waals surface area (Å²) in [6.45, 7) is 4.37. The van der Waals surface area contributed by atoms with Gasteiger partial charge in [-0.3, -0.25) is 4.79 Å². The van der Waals surface area contributed by atoms with E-state index in [0.29, 0.717) is 32.3 Å². The van der Waals surface area contributed by atoms with Crippen molar-refractivity contribution in [3.63, 3.8) is 0 Å². The Morgan fingerprint density at radius 1 is 1.47 bits per heavy atom. The highest BCUT2D eigenvalue weighted by Crippen LogP contribution is 2.43. The molecule has 0 bridgehead atoms. The third-order valence-corrected chi connectivity index (χ3v) is 3.71. The first kappa shape index (κ1) is 12.5. The summed E-state index contributed by atoms with van der Waals surface area (Å²) in [5.74, 6) is -0.937. The van der Waals surface area contributed by atoms with E-state index in [0.717, 1.165) is 0 Å². The Balaban J connectivity index is 3.03. The van der Waals surface area contributed by atoms with Gasteiger partial charge in [0.15, 0.2) is 0 Å². The molecule has 0 spiro atoms. The molecule has 1 unspecified atom stereocenters. The molecule has 0 radical (unpaired) electrons. The molecule has 4 nitrogen and oxygen atoms in total. The van der Waals surface area contributed by atoms with Crippen LogP contribution in [-0.4, -0.2) is 35.0 Å². The first-order valence-electron chi connectivity index (χ1n) is 5.56. The number of hydrogen-bond donors (Lipinski definition) is 2. The van der Waals surface area contributed by atoms with Crippen molar-refractivity contribution in [2.75, 3.05) is 13.2 Å². The van der Waals surface area contributed by atoms with Crippen LogP contribution in [-0.2, 0) is 9.53 Å². The largest absolute Gasteiger partial charge is 0.481 e. The molecule has 15 heavy (non-hydrogen) atoms. The van der Waals surface area contributed by atoms with E-state index in [2.05, 4.69) is 0 Å². The van der Waals surface area contributed by atoms with E-state index in [1.807, 2.05) is 13.8 Å². The second-order valence-corrected chi connectivity index (χ2v) is 4.28. The summed E-state index contributed by atoms with van der Waals surface area (Å²) in [7, 11) is 0. The van der Waals surface area contributed by atoms with Crippen molar-refractivity contribution >= 4 is 5.97 Å². The van der Waals surface area contributed by atoms with Crippen LogP contribution >= 0.6 is 0 Å². The smallest absolute Gasteiger partial charge is 0.314 e. The van der Waals surface area contributed by atoms with E-state index >= 15 is 0 Å². The highest BCUT2D eigenvalue weighted by Gasteiger charge is 2.55. The van der Waals surface area contributed by atoms with Gasteiger partial charge in [-0.15, -0.1) is 0 Å². The molecule has 1 atom stereocenters. The normalized spacial score (nSPS) is 27.7. The number of carboxylic acid groups (broad SMARTS) is 1. The standard InChI is InChI=1S/C11H20O4/c1-3-11(14,4-2)10(9(12)13)6-5-7-15-8-10/h14H,3-8H2,1-2H3,(H,12,13). The molecule has 88 valence electrons. The summed E-state index contributed by atoms with van der Waals surface area (Å²) in [5, 5.41) is 19.8. The van der Waals surface area contributed by atoms with Crippen molar-refractivity contribution < 1.29 is 19.7 Å². The monoisotopic (exact) mass is 216 g/mol. The van der Waals surface area contributed by atoms with E-state index in [-0.39, 0.29) is 6.61 Å². The Labute approximate surface area is 90.2 Å². The Bertz CT molecular complexity index is 227. The summed E-state index contributed by atoms with van der Waals surface area (Å²) >= 11 is 0. The van der Waals surface area contributed by atoms with Gasteiger partial charge in [-0.1, -0.05) is 13.8 Å². The quantitative estimate of drug-likeness (QED) is 0.745. The number of rotatable bonds is 4. The van der Waals surface area contributed by atoms with Crippen LogP contribution in [0.5, 0.6) is 0 Å². The third kappa shape index (κ3) is 1.88. The fourth-order valence-corrected chi connectivity index (χ4v) is 2.46. The SMILES string of the molecule is CCC(O)(CC)C1(C(=O)O)CCCOC1. The average Bonchev–Trinajstić information content (AvgIpc) is 2.28. The maximum absolute atomic E-state index is 11.4. The highest BCUT2D eigenvalue weighted by molar-refractivity contribution is 5.76.